The van der Waals surface area contributed by atoms with E-state index in [0.29, 0.717) is 25.4 Å². The highest BCUT2D eigenvalue weighted by Gasteiger charge is 2.32. The van der Waals surface area contributed by atoms with Crippen LogP contribution in [0.15, 0.2) is 0 Å². The molecule has 0 saturated carbocycles. The number of aliphatic hydroxyl groups is 1. The van der Waals surface area contributed by atoms with Gasteiger partial charge in [-0.25, -0.2) is 5.48 Å². The monoisotopic (exact) mass is 300 g/mol. The zero-order chi connectivity index (χ0) is 15.7. The van der Waals surface area contributed by atoms with Crippen LogP contribution >= 0.6 is 0 Å². The molecule has 1 unspecified atom stereocenters. The predicted molar refractivity (Wildman–Crippen MR) is 78.6 cm³/mol. The van der Waals surface area contributed by atoms with Gasteiger partial charge in [0.2, 0.25) is 11.8 Å². The number of rotatable bonds is 10. The molecule has 6 nitrogen and oxygen atoms in total. The highest BCUT2D eigenvalue weighted by Crippen LogP contribution is 2.22. The summed E-state index contributed by atoms with van der Waals surface area (Å²) in [5.41, 5.74) is 1.58. The number of unbranched alkanes of at least 4 members (excludes halogenated alkanes) is 1. The maximum Gasteiger partial charge on any atom is 0.244 e. The summed E-state index contributed by atoms with van der Waals surface area (Å²) < 4.78 is 0. The molecule has 6 heteroatoms. The van der Waals surface area contributed by atoms with Crippen molar-refractivity contribution in [1.82, 2.24) is 10.4 Å². The molecule has 0 aromatic heterocycles. The number of amides is 2. The molecule has 2 atom stereocenters. The maximum atomic E-state index is 12.1. The highest BCUT2D eigenvalue weighted by atomic mass is 16.5. The molecule has 0 aromatic rings. The molecule has 0 bridgehead atoms. The fourth-order valence-corrected chi connectivity index (χ4v) is 2.87. The number of hydrogen-bond donors (Lipinski definition) is 3. The fourth-order valence-electron chi connectivity index (χ4n) is 2.87. The molecule has 0 spiro atoms. The van der Waals surface area contributed by atoms with Crippen LogP contribution in [0.4, 0.5) is 0 Å². The molecular weight excluding hydrogens is 272 g/mol. The molecule has 1 rings (SSSR count). The van der Waals surface area contributed by atoms with Crippen molar-refractivity contribution in [3.63, 3.8) is 0 Å². The molecule has 21 heavy (non-hydrogen) atoms. The van der Waals surface area contributed by atoms with Gasteiger partial charge in [-0.3, -0.25) is 14.8 Å². The average molecular weight is 300 g/mol. The fraction of sp³-hybridized carbons (Fsp3) is 0.867. The van der Waals surface area contributed by atoms with Gasteiger partial charge in [-0.15, -0.1) is 0 Å². The van der Waals surface area contributed by atoms with Crippen LogP contribution < -0.4 is 5.48 Å². The Labute approximate surface area is 126 Å². The minimum atomic E-state index is -0.505. The summed E-state index contributed by atoms with van der Waals surface area (Å²) in [4.78, 5) is 25.0. The Morgan fingerprint density at radius 2 is 2.14 bits per heavy atom. The van der Waals surface area contributed by atoms with E-state index in [-0.39, 0.29) is 24.9 Å². The Morgan fingerprint density at radius 3 is 2.76 bits per heavy atom. The summed E-state index contributed by atoms with van der Waals surface area (Å²) in [5, 5.41) is 17.8. The first kappa shape index (κ1) is 17.9. The Bertz CT molecular complexity index is 336. The summed E-state index contributed by atoms with van der Waals surface area (Å²) in [6.45, 7) is 3.73. The standard InChI is InChI=1S/C15H28N2O4/c1-2-3-5-12(11-18)6-4-8-17-9-7-13(15(17)20)10-14(19)16-21/h12-13,18,21H,2-11H2,1H3,(H,16,19)/t12-,13?/m0/s1. The van der Waals surface area contributed by atoms with Crippen molar-refractivity contribution in [2.45, 2.75) is 51.9 Å². The smallest absolute Gasteiger partial charge is 0.244 e. The molecule has 0 aliphatic carbocycles. The van der Waals surface area contributed by atoms with Crippen molar-refractivity contribution in [2.75, 3.05) is 19.7 Å². The predicted octanol–water partition coefficient (Wildman–Crippen LogP) is 1.31. The number of carbonyl (C=O) groups is 2. The highest BCUT2D eigenvalue weighted by molar-refractivity contribution is 5.86. The Morgan fingerprint density at radius 1 is 1.43 bits per heavy atom. The number of hydrogen-bond acceptors (Lipinski definition) is 4. The second-order valence-electron chi connectivity index (χ2n) is 5.88. The summed E-state index contributed by atoms with van der Waals surface area (Å²) in [6.07, 6.45) is 5.86. The van der Waals surface area contributed by atoms with Crippen molar-refractivity contribution in [3.8, 4) is 0 Å². The van der Waals surface area contributed by atoms with Crippen LogP contribution in [0.1, 0.15) is 51.9 Å². The van der Waals surface area contributed by atoms with Crippen molar-refractivity contribution in [3.05, 3.63) is 0 Å². The molecule has 1 aliphatic rings. The average Bonchev–Trinajstić information content (AvgIpc) is 2.83. The van der Waals surface area contributed by atoms with E-state index in [9.17, 15) is 14.7 Å². The maximum absolute atomic E-state index is 12.1. The summed E-state index contributed by atoms with van der Waals surface area (Å²) in [7, 11) is 0. The second kappa shape index (κ2) is 9.73. The Kier molecular flexibility index (Phi) is 8.30. The topological polar surface area (TPSA) is 89.9 Å². The van der Waals surface area contributed by atoms with Gasteiger partial charge in [-0.05, 0) is 31.6 Å². The number of carbonyl (C=O) groups excluding carboxylic acids is 2. The zero-order valence-corrected chi connectivity index (χ0v) is 12.9. The first-order valence-corrected chi connectivity index (χ1v) is 7.94. The third-order valence-corrected chi connectivity index (χ3v) is 4.23. The molecule has 1 heterocycles. The van der Waals surface area contributed by atoms with E-state index in [0.717, 1.165) is 32.1 Å². The number of likely N-dealkylation sites (tertiary alicyclic amines) is 1. The first-order chi connectivity index (χ1) is 10.1. The van der Waals surface area contributed by atoms with Crippen molar-refractivity contribution >= 4 is 11.8 Å². The van der Waals surface area contributed by atoms with E-state index in [1.807, 2.05) is 0 Å². The van der Waals surface area contributed by atoms with Crippen molar-refractivity contribution in [2.24, 2.45) is 11.8 Å². The molecule has 1 fully saturated rings. The summed E-state index contributed by atoms with van der Waals surface area (Å²) in [5.74, 6) is -0.465. The molecular formula is C15H28N2O4. The lowest BCUT2D eigenvalue weighted by atomic mass is 9.97. The number of nitrogens with one attached hydrogen (secondary N) is 1. The van der Waals surface area contributed by atoms with Crippen LogP contribution in [0, 0.1) is 11.8 Å². The quantitative estimate of drug-likeness (QED) is 0.419. The molecule has 1 aliphatic heterocycles. The van der Waals surface area contributed by atoms with Gasteiger partial charge >= 0.3 is 0 Å². The van der Waals surface area contributed by atoms with Gasteiger partial charge in [0.25, 0.3) is 0 Å². The van der Waals surface area contributed by atoms with Crippen molar-refractivity contribution in [1.29, 1.82) is 0 Å². The molecule has 122 valence electrons. The van der Waals surface area contributed by atoms with E-state index in [2.05, 4.69) is 6.92 Å². The molecule has 1 saturated heterocycles. The minimum Gasteiger partial charge on any atom is -0.396 e. The van der Waals surface area contributed by atoms with Crippen LogP contribution in [0.2, 0.25) is 0 Å². The van der Waals surface area contributed by atoms with Crippen molar-refractivity contribution < 1.29 is 19.9 Å². The third-order valence-electron chi connectivity index (χ3n) is 4.23. The zero-order valence-electron chi connectivity index (χ0n) is 12.9. The van der Waals surface area contributed by atoms with Gasteiger partial charge in [0.15, 0.2) is 0 Å². The third kappa shape index (κ3) is 6.01. The van der Waals surface area contributed by atoms with E-state index in [4.69, 9.17) is 5.21 Å². The summed E-state index contributed by atoms with van der Waals surface area (Å²) >= 11 is 0. The SMILES string of the molecule is CCCC[C@H](CO)CCCN1CCC(CC(=O)NO)C1=O. The lowest BCUT2D eigenvalue weighted by molar-refractivity contribution is -0.136. The van der Waals surface area contributed by atoms with Crippen LogP contribution in [0.25, 0.3) is 0 Å². The van der Waals surface area contributed by atoms with E-state index in [1.165, 1.54) is 0 Å². The summed E-state index contributed by atoms with van der Waals surface area (Å²) in [6, 6.07) is 0. The van der Waals surface area contributed by atoms with Crippen LogP contribution in [-0.4, -0.2) is 46.7 Å². The lowest BCUT2D eigenvalue weighted by Crippen LogP contribution is -2.31. The number of hydroxylamine groups is 1. The second-order valence-corrected chi connectivity index (χ2v) is 5.88. The van der Waals surface area contributed by atoms with Gasteiger partial charge in [0, 0.05) is 32.0 Å². The number of aliphatic hydroxyl groups excluding tert-OH is 1. The van der Waals surface area contributed by atoms with Gasteiger partial charge in [-0.1, -0.05) is 19.8 Å². The van der Waals surface area contributed by atoms with Gasteiger partial charge in [0.05, 0.1) is 0 Å². The first-order valence-electron chi connectivity index (χ1n) is 7.94. The van der Waals surface area contributed by atoms with E-state index in [1.54, 1.807) is 10.4 Å². The van der Waals surface area contributed by atoms with Gasteiger partial charge in [-0.2, -0.15) is 0 Å². The minimum absolute atomic E-state index is 0.00714. The van der Waals surface area contributed by atoms with Crippen LogP contribution in [0.3, 0.4) is 0 Å². The largest absolute Gasteiger partial charge is 0.396 e. The van der Waals surface area contributed by atoms with Crippen LogP contribution in [-0.2, 0) is 9.59 Å². The number of nitrogens with zero attached hydrogens (tertiary/aromatic N) is 1. The van der Waals surface area contributed by atoms with Crippen LogP contribution in [0.5, 0.6) is 0 Å². The van der Waals surface area contributed by atoms with E-state index >= 15 is 0 Å². The van der Waals surface area contributed by atoms with E-state index < -0.39 is 5.91 Å². The normalized spacial score (nSPS) is 19.9. The molecule has 0 radical (unpaired) electrons. The molecule has 2 amide bonds. The lowest BCUT2D eigenvalue weighted by Gasteiger charge is -2.19. The Hall–Kier alpha value is -1.14. The molecule has 3 N–H and O–H groups in total. The van der Waals surface area contributed by atoms with Gasteiger partial charge < -0.3 is 10.0 Å². The van der Waals surface area contributed by atoms with Gasteiger partial charge in [0.1, 0.15) is 0 Å². The Balaban J connectivity index is 2.26. The molecule has 0 aromatic carbocycles.